The summed E-state index contributed by atoms with van der Waals surface area (Å²) in [5.74, 6) is 1.00. The van der Waals surface area contributed by atoms with Crippen LogP contribution in [0.4, 0.5) is 0 Å². The molecule has 0 radical (unpaired) electrons. The van der Waals surface area contributed by atoms with Crippen LogP contribution in [0.3, 0.4) is 0 Å². The van der Waals surface area contributed by atoms with Gasteiger partial charge in [-0.05, 0) is 53.5 Å². The maximum absolute atomic E-state index is 13.6. The van der Waals surface area contributed by atoms with Crippen LogP contribution >= 0.6 is 0 Å². The highest BCUT2D eigenvalue weighted by atomic mass is 16.5. The van der Waals surface area contributed by atoms with Crippen LogP contribution in [0.1, 0.15) is 16.7 Å². The first-order valence-electron chi connectivity index (χ1n) is 11.7. The second kappa shape index (κ2) is 9.59. The van der Waals surface area contributed by atoms with E-state index in [9.17, 15) is 10.1 Å². The number of aromatic nitrogens is 2. The predicted octanol–water partition coefficient (Wildman–Crippen LogP) is 4.75. The Labute approximate surface area is 209 Å². The van der Waals surface area contributed by atoms with E-state index in [0.717, 1.165) is 39.0 Å². The van der Waals surface area contributed by atoms with Crippen LogP contribution in [-0.2, 0) is 24.8 Å². The number of nitriles is 1. The Morgan fingerprint density at radius 3 is 2.47 bits per heavy atom. The maximum Gasteiger partial charge on any atom is 0.264 e. The van der Waals surface area contributed by atoms with E-state index in [2.05, 4.69) is 11.1 Å². The summed E-state index contributed by atoms with van der Waals surface area (Å²) in [7, 11) is 5.15. The minimum atomic E-state index is -0.294. The molecule has 0 unspecified atom stereocenters. The Kier molecular flexibility index (Phi) is 6.17. The van der Waals surface area contributed by atoms with Gasteiger partial charge in [-0.3, -0.25) is 4.79 Å². The summed E-state index contributed by atoms with van der Waals surface area (Å²) in [5.41, 5.74) is 5.69. The average molecular weight is 479 g/mol. The first kappa shape index (κ1) is 23.2. The van der Waals surface area contributed by atoms with Crippen molar-refractivity contribution in [3.8, 4) is 28.8 Å². The molecule has 2 aromatic carbocycles. The summed E-state index contributed by atoms with van der Waals surface area (Å²) in [4.78, 5) is 19.8. The summed E-state index contributed by atoms with van der Waals surface area (Å²) >= 11 is 0. The zero-order chi connectivity index (χ0) is 25.2. The van der Waals surface area contributed by atoms with E-state index in [1.54, 1.807) is 31.4 Å². The minimum absolute atomic E-state index is 0.0902. The van der Waals surface area contributed by atoms with E-state index in [-0.39, 0.29) is 11.5 Å². The van der Waals surface area contributed by atoms with Gasteiger partial charge in [0, 0.05) is 37.3 Å². The number of aryl methyl sites for hydroxylation is 1. The molecule has 7 heteroatoms. The van der Waals surface area contributed by atoms with Crippen LogP contribution < -0.4 is 9.47 Å². The molecule has 0 N–H and O–H groups in total. The Morgan fingerprint density at radius 1 is 1.06 bits per heavy atom. The third-order valence-electron chi connectivity index (χ3n) is 6.68. The third kappa shape index (κ3) is 3.97. The standard InChI is InChI=1S/C29H26N4O3/c1-32-27(19-8-5-4-6-9-19)24(23-10-7-12-31-28(23)32)14-21(17-30)29(34)33-13-11-20-15-25(35-2)26(36-3)16-22(20)18-33/h4-10,12,14-16H,11,13,18H2,1-3H3/b21-14+. The minimum Gasteiger partial charge on any atom is -0.493 e. The van der Waals surface area contributed by atoms with Gasteiger partial charge in [-0.1, -0.05) is 30.3 Å². The molecular formula is C29H26N4O3. The SMILES string of the molecule is COc1cc2c(cc1OC)CN(C(=O)/C(C#N)=C/c1c(-c3ccccc3)n(C)c3ncccc13)CC2. The molecule has 1 amide bonds. The summed E-state index contributed by atoms with van der Waals surface area (Å²) in [6.07, 6.45) is 4.13. The number of fused-ring (bicyclic) bond motifs is 2. The van der Waals surface area contributed by atoms with Crippen molar-refractivity contribution in [3.05, 3.63) is 83.1 Å². The first-order valence-corrected chi connectivity index (χ1v) is 11.7. The highest BCUT2D eigenvalue weighted by molar-refractivity contribution is 6.06. The molecule has 0 saturated carbocycles. The molecule has 0 atom stereocenters. The molecule has 0 saturated heterocycles. The number of hydrogen-bond donors (Lipinski definition) is 0. The molecule has 36 heavy (non-hydrogen) atoms. The molecule has 5 rings (SSSR count). The van der Waals surface area contributed by atoms with Crippen LogP contribution in [0.2, 0.25) is 0 Å². The summed E-state index contributed by atoms with van der Waals surface area (Å²) in [5, 5.41) is 10.9. The van der Waals surface area contributed by atoms with Gasteiger partial charge >= 0.3 is 0 Å². The largest absolute Gasteiger partial charge is 0.493 e. The van der Waals surface area contributed by atoms with E-state index in [1.807, 2.05) is 66.2 Å². The lowest BCUT2D eigenvalue weighted by Gasteiger charge is -2.29. The highest BCUT2D eigenvalue weighted by Crippen LogP contribution is 2.35. The summed E-state index contributed by atoms with van der Waals surface area (Å²) in [6.45, 7) is 0.916. The van der Waals surface area contributed by atoms with Crippen LogP contribution in [0.15, 0.2) is 66.4 Å². The molecule has 0 bridgehead atoms. The lowest BCUT2D eigenvalue weighted by atomic mass is 9.97. The second-order valence-electron chi connectivity index (χ2n) is 8.68. The number of methoxy groups -OCH3 is 2. The fraction of sp³-hybridized carbons (Fsp3) is 0.207. The molecule has 1 aliphatic heterocycles. The normalized spacial score (nSPS) is 13.3. The van der Waals surface area contributed by atoms with E-state index in [0.29, 0.717) is 31.0 Å². The smallest absolute Gasteiger partial charge is 0.264 e. The molecule has 7 nitrogen and oxygen atoms in total. The lowest BCUT2D eigenvalue weighted by molar-refractivity contribution is -0.127. The fourth-order valence-electron chi connectivity index (χ4n) is 4.89. The van der Waals surface area contributed by atoms with Crippen molar-refractivity contribution >= 4 is 23.0 Å². The lowest BCUT2D eigenvalue weighted by Crippen LogP contribution is -2.36. The molecule has 3 heterocycles. The molecule has 0 fully saturated rings. The molecular weight excluding hydrogens is 452 g/mol. The Balaban J connectivity index is 1.55. The number of rotatable bonds is 5. The van der Waals surface area contributed by atoms with Gasteiger partial charge in [0.25, 0.3) is 5.91 Å². The fourth-order valence-corrected chi connectivity index (χ4v) is 4.89. The van der Waals surface area contributed by atoms with Gasteiger partial charge in [-0.15, -0.1) is 0 Å². The number of nitrogens with zero attached hydrogens (tertiary/aromatic N) is 4. The summed E-state index contributed by atoms with van der Waals surface area (Å²) in [6, 6.07) is 19.8. The zero-order valence-electron chi connectivity index (χ0n) is 20.5. The van der Waals surface area contributed by atoms with Crippen LogP contribution in [0, 0.1) is 11.3 Å². The number of carbonyl (C=O) groups excluding carboxylic acids is 1. The number of amides is 1. The Morgan fingerprint density at radius 2 is 1.78 bits per heavy atom. The Hall–Kier alpha value is -4.57. The third-order valence-corrected chi connectivity index (χ3v) is 6.68. The number of hydrogen-bond acceptors (Lipinski definition) is 5. The molecule has 1 aliphatic rings. The summed E-state index contributed by atoms with van der Waals surface area (Å²) < 4.78 is 12.9. The molecule has 2 aromatic heterocycles. The quantitative estimate of drug-likeness (QED) is 0.306. The van der Waals surface area contributed by atoms with Gasteiger partial charge in [-0.25, -0.2) is 4.98 Å². The van der Waals surface area contributed by atoms with Crippen molar-refractivity contribution in [2.24, 2.45) is 7.05 Å². The van der Waals surface area contributed by atoms with Crippen molar-refractivity contribution in [3.63, 3.8) is 0 Å². The maximum atomic E-state index is 13.6. The highest BCUT2D eigenvalue weighted by Gasteiger charge is 2.26. The van der Waals surface area contributed by atoms with Crippen molar-refractivity contribution < 1.29 is 14.3 Å². The first-order chi connectivity index (χ1) is 17.5. The van der Waals surface area contributed by atoms with E-state index < -0.39 is 0 Å². The number of ether oxygens (including phenoxy) is 2. The van der Waals surface area contributed by atoms with Crippen molar-refractivity contribution in [1.82, 2.24) is 14.5 Å². The van der Waals surface area contributed by atoms with Crippen molar-refractivity contribution in [2.45, 2.75) is 13.0 Å². The van der Waals surface area contributed by atoms with Gasteiger partial charge < -0.3 is 18.9 Å². The van der Waals surface area contributed by atoms with Crippen molar-refractivity contribution in [1.29, 1.82) is 5.26 Å². The number of pyridine rings is 1. The van der Waals surface area contributed by atoms with Crippen LogP contribution in [-0.4, -0.2) is 41.1 Å². The monoisotopic (exact) mass is 478 g/mol. The molecule has 0 spiro atoms. The topological polar surface area (TPSA) is 80.4 Å². The van der Waals surface area contributed by atoms with Gasteiger partial charge in [0.1, 0.15) is 17.3 Å². The average Bonchev–Trinajstić information content (AvgIpc) is 3.21. The molecule has 4 aromatic rings. The molecule has 180 valence electrons. The van der Waals surface area contributed by atoms with E-state index >= 15 is 0 Å². The van der Waals surface area contributed by atoms with Crippen LogP contribution in [0.25, 0.3) is 28.4 Å². The second-order valence-corrected chi connectivity index (χ2v) is 8.68. The van der Waals surface area contributed by atoms with E-state index in [4.69, 9.17) is 9.47 Å². The van der Waals surface area contributed by atoms with Gasteiger partial charge in [0.15, 0.2) is 11.5 Å². The van der Waals surface area contributed by atoms with Crippen molar-refractivity contribution in [2.75, 3.05) is 20.8 Å². The number of benzene rings is 2. The van der Waals surface area contributed by atoms with Gasteiger partial charge in [0.2, 0.25) is 0 Å². The number of carbonyl (C=O) groups is 1. The van der Waals surface area contributed by atoms with Gasteiger partial charge in [-0.2, -0.15) is 5.26 Å². The predicted molar refractivity (Wildman–Crippen MR) is 138 cm³/mol. The van der Waals surface area contributed by atoms with Gasteiger partial charge in [0.05, 0.1) is 19.9 Å². The Bertz CT molecular complexity index is 1530. The zero-order valence-corrected chi connectivity index (χ0v) is 20.5. The van der Waals surface area contributed by atoms with E-state index in [1.165, 1.54) is 0 Å². The van der Waals surface area contributed by atoms with Crippen LogP contribution in [0.5, 0.6) is 11.5 Å². The molecule has 0 aliphatic carbocycles.